The molecule has 0 saturated heterocycles. The molecule has 55 heavy (non-hydrogen) atoms. The summed E-state index contributed by atoms with van der Waals surface area (Å²) in [4.78, 5) is 12.8. The Morgan fingerprint density at radius 1 is 0.436 bits per heavy atom. The van der Waals surface area contributed by atoms with Gasteiger partial charge in [-0.1, -0.05) is 26.3 Å². The van der Waals surface area contributed by atoms with Gasteiger partial charge in [0.1, 0.15) is 6.10 Å². The molecule has 1 heterocycles. The van der Waals surface area contributed by atoms with Crippen LogP contribution in [0.3, 0.4) is 0 Å². The van der Waals surface area contributed by atoms with E-state index in [1.165, 1.54) is 6.08 Å². The van der Waals surface area contributed by atoms with E-state index in [0.717, 1.165) is 5.57 Å². The van der Waals surface area contributed by atoms with E-state index in [1.807, 2.05) is 27.7 Å². The molecule has 326 valence electrons. The molecule has 9 N–H and O–H groups in total. The van der Waals surface area contributed by atoms with Gasteiger partial charge in [0.05, 0.1) is 54.9 Å². The third-order valence-corrected chi connectivity index (χ3v) is 11.3. The molecule has 0 spiro atoms. The second-order valence-electron chi connectivity index (χ2n) is 18.0. The van der Waals surface area contributed by atoms with Crippen molar-refractivity contribution in [2.75, 3.05) is 0 Å². The van der Waals surface area contributed by atoms with E-state index in [0.29, 0.717) is 161 Å². The van der Waals surface area contributed by atoms with E-state index in [4.69, 9.17) is 4.74 Å². The predicted molar refractivity (Wildman–Crippen MR) is 217 cm³/mol. The number of esters is 1. The van der Waals surface area contributed by atoms with Gasteiger partial charge in [-0.15, -0.1) is 0 Å². The normalized spacial score (nSPS) is 34.5. The maximum atomic E-state index is 12.8. The van der Waals surface area contributed by atoms with Crippen molar-refractivity contribution in [3.8, 4) is 0 Å². The molecule has 1 aliphatic rings. The zero-order valence-electron chi connectivity index (χ0n) is 35.1. The number of carbonyl (C=O) groups excluding carboxylic acids is 1. The van der Waals surface area contributed by atoms with Crippen LogP contribution in [0, 0.1) is 5.41 Å². The van der Waals surface area contributed by atoms with Crippen molar-refractivity contribution >= 4 is 5.97 Å². The van der Waals surface area contributed by atoms with Gasteiger partial charge in [0, 0.05) is 12.5 Å². The summed E-state index contributed by atoms with van der Waals surface area (Å²) in [5.74, 6) is -0.464. The van der Waals surface area contributed by atoms with Crippen LogP contribution in [0.2, 0.25) is 0 Å². The number of aliphatic hydroxyl groups excluding tert-OH is 9. The van der Waals surface area contributed by atoms with Gasteiger partial charge in [0.2, 0.25) is 0 Å². The molecule has 1 aliphatic heterocycles. The van der Waals surface area contributed by atoms with Crippen LogP contribution in [-0.4, -0.2) is 113 Å². The summed E-state index contributed by atoms with van der Waals surface area (Å²) >= 11 is 0. The number of allylic oxidation sites excluding steroid dienone is 1. The number of carbonyl (C=O) groups is 1. The van der Waals surface area contributed by atoms with Crippen LogP contribution in [0.1, 0.15) is 195 Å². The third-order valence-electron chi connectivity index (χ3n) is 11.3. The third kappa shape index (κ3) is 28.8. The first-order valence-electron chi connectivity index (χ1n) is 21.9. The monoisotopic (exact) mass is 789 g/mol. The van der Waals surface area contributed by atoms with Crippen molar-refractivity contribution in [3.05, 3.63) is 11.6 Å². The Kier molecular flexibility index (Phi) is 28.3. The minimum Gasteiger partial charge on any atom is -0.459 e. The highest BCUT2D eigenvalue weighted by atomic mass is 16.5. The summed E-state index contributed by atoms with van der Waals surface area (Å²) in [7, 11) is 0. The van der Waals surface area contributed by atoms with Crippen LogP contribution in [0.4, 0.5) is 0 Å². The second kappa shape index (κ2) is 30.0. The molecule has 0 aromatic heterocycles. The van der Waals surface area contributed by atoms with E-state index in [2.05, 4.69) is 0 Å². The summed E-state index contributed by atoms with van der Waals surface area (Å²) < 4.78 is 5.82. The lowest BCUT2D eigenvalue weighted by molar-refractivity contribution is -0.150. The van der Waals surface area contributed by atoms with Crippen molar-refractivity contribution in [2.24, 2.45) is 5.41 Å². The van der Waals surface area contributed by atoms with Crippen molar-refractivity contribution < 1.29 is 55.5 Å². The highest BCUT2D eigenvalue weighted by Gasteiger charge is 2.30. The lowest BCUT2D eigenvalue weighted by Gasteiger charge is -2.31. The molecule has 0 fully saturated rings. The first-order chi connectivity index (χ1) is 25.9. The zero-order chi connectivity index (χ0) is 41.2. The maximum Gasteiger partial charge on any atom is 0.330 e. The molecule has 10 atom stereocenters. The summed E-state index contributed by atoms with van der Waals surface area (Å²) in [6.07, 6.45) is 11.0. The highest BCUT2D eigenvalue weighted by molar-refractivity contribution is 5.82. The number of hydrogen-bond donors (Lipinski definition) is 9. The van der Waals surface area contributed by atoms with Gasteiger partial charge in [-0.05, 0) is 173 Å². The van der Waals surface area contributed by atoms with Gasteiger partial charge in [0.25, 0.3) is 0 Å². The van der Waals surface area contributed by atoms with Gasteiger partial charge < -0.3 is 50.7 Å². The Hall–Kier alpha value is -1.15. The fraction of sp³-hybridized carbons (Fsp3) is 0.932. The molecular formula is C44H84O11. The molecular weight excluding hydrogens is 704 g/mol. The minimum absolute atomic E-state index is 0.252. The van der Waals surface area contributed by atoms with E-state index in [-0.39, 0.29) is 6.42 Å². The Morgan fingerprint density at radius 3 is 0.982 bits per heavy atom. The lowest BCUT2D eigenvalue weighted by Crippen LogP contribution is -2.34. The first kappa shape index (κ1) is 51.9. The SMILES string of the molecule is CC1=CC(=O)O[C@H](C(C)(C)C)C[C@@H](O)CCC[C@H](O)CCC[C@H](O)CCC[C@@H](O)CCC[C@H](O)CCC[C@@H](O)CCC[C@H](O)CCC[C@H](O)C[C@H](O)CCC1. The average molecular weight is 789 g/mol. The Bertz CT molecular complexity index is 985. The van der Waals surface area contributed by atoms with E-state index >= 15 is 0 Å². The summed E-state index contributed by atoms with van der Waals surface area (Å²) in [6.45, 7) is 7.75. The van der Waals surface area contributed by atoms with Gasteiger partial charge in [-0.3, -0.25) is 0 Å². The van der Waals surface area contributed by atoms with Crippen molar-refractivity contribution in [3.63, 3.8) is 0 Å². The largest absolute Gasteiger partial charge is 0.459 e. The summed E-state index contributed by atoms with van der Waals surface area (Å²) in [5.41, 5.74) is 0.436. The highest BCUT2D eigenvalue weighted by Crippen LogP contribution is 2.28. The zero-order valence-corrected chi connectivity index (χ0v) is 35.1. The molecule has 0 aliphatic carbocycles. The van der Waals surface area contributed by atoms with Crippen LogP contribution in [0.15, 0.2) is 11.6 Å². The van der Waals surface area contributed by atoms with Crippen LogP contribution in [0.5, 0.6) is 0 Å². The smallest absolute Gasteiger partial charge is 0.330 e. The topological polar surface area (TPSA) is 208 Å². The number of ether oxygens (including phenoxy) is 1. The van der Waals surface area contributed by atoms with Crippen molar-refractivity contribution in [1.29, 1.82) is 0 Å². The van der Waals surface area contributed by atoms with Crippen LogP contribution >= 0.6 is 0 Å². The van der Waals surface area contributed by atoms with Gasteiger partial charge in [-0.2, -0.15) is 0 Å². The molecule has 0 saturated carbocycles. The molecule has 11 nitrogen and oxygen atoms in total. The Labute approximate surface area is 333 Å². The lowest BCUT2D eigenvalue weighted by atomic mass is 9.85. The standard InChI is InChI=1S/C44H84O11/c1-32-13-5-26-39(51)30-40(52)27-11-24-37(49)22-9-20-35(47)18-7-16-33(45)14-6-15-34(46)17-8-19-36(48)21-10-23-38(50)25-12-28-41(53)31-42(44(2,3)4)55-43(54)29-32/h29,33-42,45-53H,5-28,30-31H2,1-4H3/t33-,34-,35+,36+,37-,38+,39+,40-,41-,42-/m0/s1. The average Bonchev–Trinajstić information content (AvgIpc) is 3.07. The second-order valence-corrected chi connectivity index (χ2v) is 18.0. The van der Waals surface area contributed by atoms with Gasteiger partial charge >= 0.3 is 5.97 Å². The Balaban J connectivity index is 2.68. The van der Waals surface area contributed by atoms with E-state index in [1.54, 1.807) is 0 Å². The molecule has 0 amide bonds. The first-order valence-corrected chi connectivity index (χ1v) is 21.9. The molecule has 0 aromatic rings. The fourth-order valence-electron chi connectivity index (χ4n) is 7.55. The number of aliphatic hydroxyl groups is 9. The van der Waals surface area contributed by atoms with Crippen molar-refractivity contribution in [1.82, 2.24) is 0 Å². The molecule has 0 unspecified atom stereocenters. The Morgan fingerprint density at radius 2 is 0.691 bits per heavy atom. The van der Waals surface area contributed by atoms with Crippen LogP contribution < -0.4 is 0 Å². The number of cyclic esters (lactones) is 1. The minimum atomic E-state index is -0.687. The summed E-state index contributed by atoms with van der Waals surface area (Å²) in [6, 6.07) is 0. The number of hydrogen-bond acceptors (Lipinski definition) is 11. The van der Waals surface area contributed by atoms with Crippen molar-refractivity contribution in [2.45, 2.75) is 256 Å². The number of rotatable bonds is 0. The van der Waals surface area contributed by atoms with Gasteiger partial charge in [0.15, 0.2) is 0 Å². The molecule has 0 aromatic carbocycles. The quantitative estimate of drug-likeness (QED) is 0.125. The molecule has 0 bridgehead atoms. The molecule has 11 heteroatoms. The summed E-state index contributed by atoms with van der Waals surface area (Å²) in [5, 5.41) is 94.1. The maximum absolute atomic E-state index is 12.8. The fourth-order valence-corrected chi connectivity index (χ4v) is 7.55. The van der Waals surface area contributed by atoms with Crippen LogP contribution in [0.25, 0.3) is 0 Å². The van der Waals surface area contributed by atoms with E-state index in [9.17, 15) is 50.8 Å². The van der Waals surface area contributed by atoms with E-state index < -0.39 is 72.4 Å². The van der Waals surface area contributed by atoms with Gasteiger partial charge in [-0.25, -0.2) is 4.79 Å². The molecule has 0 radical (unpaired) electrons. The molecule has 1 rings (SSSR count). The predicted octanol–water partition coefficient (Wildman–Crippen LogP) is 6.29. The van der Waals surface area contributed by atoms with Crippen LogP contribution in [-0.2, 0) is 9.53 Å².